The average Bonchev–Trinajstić information content (AvgIpc) is 2.14. The highest BCUT2D eigenvalue weighted by atomic mass is 32.2. The second-order valence-electron chi connectivity index (χ2n) is 2.82. The van der Waals surface area contributed by atoms with Crippen molar-refractivity contribution in [2.45, 2.75) is 38.3 Å². The number of hydrogen-bond acceptors (Lipinski definition) is 2. The van der Waals surface area contributed by atoms with E-state index in [4.69, 9.17) is 0 Å². The van der Waals surface area contributed by atoms with Crippen LogP contribution in [-0.2, 0) is 4.79 Å². The Balaban J connectivity index is 3.84. The summed E-state index contributed by atoms with van der Waals surface area (Å²) in [6, 6.07) is 0. The summed E-state index contributed by atoms with van der Waals surface area (Å²) in [7, 11) is 0. The molecule has 90 valence electrons. The Hall–Kier alpha value is -0.330. The molecule has 2 atom stereocenters. The quantitative estimate of drug-likeness (QED) is 0.696. The monoisotopic (exact) mass is 250 g/mol. The second-order valence-corrected chi connectivity index (χ2v) is 3.97. The molecule has 0 aliphatic rings. The molecule has 0 saturated heterocycles. The number of alkyl halides is 5. The van der Waals surface area contributed by atoms with Gasteiger partial charge in [-0.3, -0.25) is 4.79 Å². The van der Waals surface area contributed by atoms with Gasteiger partial charge in [-0.25, -0.2) is 8.78 Å². The minimum Gasteiger partial charge on any atom is -0.287 e. The third kappa shape index (κ3) is 5.96. The third-order valence-corrected chi connectivity index (χ3v) is 2.63. The number of thioether (sulfide) groups is 1. The molecule has 0 aromatic carbocycles. The molecule has 0 aliphatic carbocycles. The van der Waals surface area contributed by atoms with Gasteiger partial charge in [0.2, 0.25) is 6.17 Å². The maximum atomic E-state index is 12.6. The molecule has 0 heterocycles. The van der Waals surface area contributed by atoms with Gasteiger partial charge in [0.05, 0.1) is 0 Å². The van der Waals surface area contributed by atoms with Crippen LogP contribution in [0.1, 0.15) is 19.8 Å². The summed E-state index contributed by atoms with van der Waals surface area (Å²) in [6.07, 6.45) is -11.6. The van der Waals surface area contributed by atoms with Gasteiger partial charge >= 0.3 is 6.18 Å². The van der Waals surface area contributed by atoms with Crippen LogP contribution in [0.25, 0.3) is 0 Å². The fraction of sp³-hybridized carbons (Fsp3) is 0.875. The van der Waals surface area contributed by atoms with E-state index >= 15 is 0 Å². The van der Waals surface area contributed by atoms with E-state index in [1.165, 1.54) is 0 Å². The zero-order chi connectivity index (χ0) is 12.1. The second kappa shape index (κ2) is 6.30. The molecule has 0 radical (unpaired) electrons. The molecule has 0 aromatic rings. The molecule has 0 spiro atoms. The van der Waals surface area contributed by atoms with Crippen molar-refractivity contribution >= 4 is 16.9 Å². The number of carbonyl (C=O) groups is 1. The smallest absolute Gasteiger partial charge is 0.287 e. The van der Waals surface area contributed by atoms with Gasteiger partial charge in [0.15, 0.2) is 5.12 Å². The van der Waals surface area contributed by atoms with Crippen molar-refractivity contribution < 1.29 is 26.7 Å². The number of rotatable bonds is 5. The molecule has 0 amide bonds. The molecule has 0 aliphatic heterocycles. The summed E-state index contributed by atoms with van der Waals surface area (Å²) < 4.78 is 59.9. The molecule has 0 fully saturated rings. The molecule has 1 nitrogen and oxygen atoms in total. The largest absolute Gasteiger partial charge is 0.422 e. The zero-order valence-corrected chi connectivity index (χ0v) is 8.80. The van der Waals surface area contributed by atoms with Crippen molar-refractivity contribution in [1.29, 1.82) is 0 Å². The summed E-state index contributed by atoms with van der Waals surface area (Å²) in [5.41, 5.74) is 0. The highest BCUT2D eigenvalue weighted by Crippen LogP contribution is 2.28. The van der Waals surface area contributed by atoms with Crippen LogP contribution in [0.5, 0.6) is 0 Å². The van der Waals surface area contributed by atoms with Crippen LogP contribution in [-0.4, -0.2) is 29.4 Å². The highest BCUT2D eigenvalue weighted by molar-refractivity contribution is 8.13. The minimum atomic E-state index is -5.17. The molecule has 2 unspecified atom stereocenters. The summed E-state index contributed by atoms with van der Waals surface area (Å²) in [5, 5.41) is -0.246. The van der Waals surface area contributed by atoms with Gasteiger partial charge in [0.1, 0.15) is 6.17 Å². The first-order chi connectivity index (χ1) is 6.79. The van der Waals surface area contributed by atoms with E-state index in [0.29, 0.717) is 0 Å². The van der Waals surface area contributed by atoms with E-state index in [9.17, 15) is 26.7 Å². The maximum absolute atomic E-state index is 12.6. The van der Waals surface area contributed by atoms with Gasteiger partial charge in [-0.15, -0.1) is 0 Å². The summed E-state index contributed by atoms with van der Waals surface area (Å²) in [4.78, 5) is 10.7. The molecule has 15 heavy (non-hydrogen) atoms. The molecule has 0 saturated carbocycles. The fourth-order valence-electron chi connectivity index (χ4n) is 0.739. The Labute approximate surface area is 88.4 Å². The molecular formula is C8H11F5OS. The number of carbonyl (C=O) groups excluding carboxylic acids is 1. The van der Waals surface area contributed by atoms with Crippen LogP contribution < -0.4 is 0 Å². The Morgan fingerprint density at radius 2 is 1.87 bits per heavy atom. The van der Waals surface area contributed by atoms with Crippen molar-refractivity contribution in [1.82, 2.24) is 0 Å². The van der Waals surface area contributed by atoms with Gasteiger partial charge in [0.25, 0.3) is 0 Å². The molecular weight excluding hydrogens is 239 g/mol. The lowest BCUT2D eigenvalue weighted by Gasteiger charge is -2.15. The van der Waals surface area contributed by atoms with Gasteiger partial charge in [-0.05, 0) is 6.42 Å². The number of halogens is 5. The minimum absolute atomic E-state index is 0.135. The normalized spacial score (nSPS) is 16.1. The van der Waals surface area contributed by atoms with Crippen molar-refractivity contribution in [3.05, 3.63) is 0 Å². The molecule has 0 rings (SSSR count). The van der Waals surface area contributed by atoms with E-state index in [0.717, 1.165) is 11.8 Å². The van der Waals surface area contributed by atoms with Crippen LogP contribution >= 0.6 is 11.8 Å². The first-order valence-electron chi connectivity index (χ1n) is 4.29. The van der Waals surface area contributed by atoms with Crippen LogP contribution in [0, 0.1) is 0 Å². The average molecular weight is 250 g/mol. The SMILES string of the molecule is CCC(=O)SCCC(F)C(F)C(F)(F)F. The van der Waals surface area contributed by atoms with Crippen molar-refractivity contribution in [3.63, 3.8) is 0 Å². The fourth-order valence-corrected chi connectivity index (χ4v) is 1.51. The van der Waals surface area contributed by atoms with E-state index in [1.54, 1.807) is 6.92 Å². The van der Waals surface area contributed by atoms with Gasteiger partial charge in [-0.1, -0.05) is 18.7 Å². The predicted molar refractivity (Wildman–Crippen MR) is 48.2 cm³/mol. The Kier molecular flexibility index (Phi) is 6.16. The van der Waals surface area contributed by atoms with Crippen molar-refractivity contribution in [2.75, 3.05) is 5.75 Å². The molecule has 0 aromatic heterocycles. The summed E-state index contributed by atoms with van der Waals surface area (Å²) >= 11 is 0.720. The van der Waals surface area contributed by atoms with Crippen LogP contribution in [0.2, 0.25) is 0 Å². The molecule has 0 bridgehead atoms. The molecule has 7 heteroatoms. The highest BCUT2D eigenvalue weighted by Gasteiger charge is 2.45. The van der Waals surface area contributed by atoms with E-state index < -0.39 is 24.9 Å². The Morgan fingerprint density at radius 3 is 2.27 bits per heavy atom. The van der Waals surface area contributed by atoms with E-state index in [2.05, 4.69) is 0 Å². The predicted octanol–water partition coefficient (Wildman–Crippen LogP) is 3.28. The van der Waals surface area contributed by atoms with Crippen molar-refractivity contribution in [2.24, 2.45) is 0 Å². The number of hydrogen-bond donors (Lipinski definition) is 0. The summed E-state index contributed by atoms with van der Waals surface area (Å²) in [5.74, 6) is -0.135. The van der Waals surface area contributed by atoms with Gasteiger partial charge in [0, 0.05) is 12.2 Å². The van der Waals surface area contributed by atoms with Crippen LogP contribution in [0.4, 0.5) is 22.0 Å². The van der Waals surface area contributed by atoms with Crippen LogP contribution in [0.3, 0.4) is 0 Å². The maximum Gasteiger partial charge on any atom is 0.422 e. The lowest BCUT2D eigenvalue weighted by molar-refractivity contribution is -0.196. The van der Waals surface area contributed by atoms with Crippen LogP contribution in [0.15, 0.2) is 0 Å². The van der Waals surface area contributed by atoms with Crippen molar-refractivity contribution in [3.8, 4) is 0 Å². The van der Waals surface area contributed by atoms with E-state index in [-0.39, 0.29) is 17.3 Å². The third-order valence-electron chi connectivity index (χ3n) is 1.58. The van der Waals surface area contributed by atoms with E-state index in [1.807, 2.05) is 0 Å². The lowest BCUT2D eigenvalue weighted by atomic mass is 10.2. The lowest BCUT2D eigenvalue weighted by Crippen LogP contribution is -2.33. The first kappa shape index (κ1) is 14.7. The van der Waals surface area contributed by atoms with Gasteiger partial charge in [-0.2, -0.15) is 13.2 Å². The summed E-state index contributed by atoms with van der Waals surface area (Å²) in [6.45, 7) is 1.58. The first-order valence-corrected chi connectivity index (χ1v) is 5.28. The molecule has 0 N–H and O–H groups in total. The Bertz CT molecular complexity index is 206. The standard InChI is InChI=1S/C8H11F5OS/c1-2-6(14)15-4-3-5(9)7(10)8(11,12)13/h5,7H,2-4H2,1H3. The topological polar surface area (TPSA) is 17.1 Å². The Morgan fingerprint density at radius 1 is 1.33 bits per heavy atom. The zero-order valence-electron chi connectivity index (χ0n) is 7.98. The van der Waals surface area contributed by atoms with Gasteiger partial charge < -0.3 is 0 Å².